The number of nitrogens with one attached hydrogen (secondary N) is 1. The molecule has 1 amide bonds. The van der Waals surface area contributed by atoms with Crippen molar-refractivity contribution < 1.29 is 15.0 Å². The third-order valence-corrected chi connectivity index (χ3v) is 5.78. The zero-order valence-electron chi connectivity index (χ0n) is 16.8. The van der Waals surface area contributed by atoms with Crippen molar-refractivity contribution in [1.82, 2.24) is 5.32 Å². The molecule has 0 saturated heterocycles. The fraction of sp³-hybridized carbons (Fsp3) is 0.952. The summed E-state index contributed by atoms with van der Waals surface area (Å²) in [6, 6.07) is -0.326. The second-order valence-corrected chi connectivity index (χ2v) is 8.09. The Morgan fingerprint density at radius 1 is 1.00 bits per heavy atom. The van der Waals surface area contributed by atoms with Gasteiger partial charge in [-0.1, -0.05) is 58.3 Å². The first kappa shape index (κ1) is 23.4. The van der Waals surface area contributed by atoms with Crippen molar-refractivity contribution in [3.63, 3.8) is 0 Å². The molecule has 5 nitrogen and oxygen atoms in total. The molecule has 1 saturated carbocycles. The Bertz CT molecular complexity index is 357. The van der Waals surface area contributed by atoms with Gasteiger partial charge in [-0.2, -0.15) is 0 Å². The molecule has 1 aliphatic carbocycles. The predicted molar refractivity (Wildman–Crippen MR) is 107 cm³/mol. The van der Waals surface area contributed by atoms with Gasteiger partial charge < -0.3 is 21.3 Å². The molecule has 0 spiro atoms. The van der Waals surface area contributed by atoms with Gasteiger partial charge in [-0.05, 0) is 38.0 Å². The van der Waals surface area contributed by atoms with Gasteiger partial charge in [0.2, 0.25) is 5.91 Å². The first-order valence-corrected chi connectivity index (χ1v) is 10.9. The number of carbonyl (C=O) groups is 1. The fourth-order valence-electron chi connectivity index (χ4n) is 3.96. The summed E-state index contributed by atoms with van der Waals surface area (Å²) in [6.07, 6.45) is 14.9. The molecule has 5 N–H and O–H groups in total. The predicted octanol–water partition coefficient (Wildman–Crippen LogP) is 3.26. The molecule has 2 unspecified atom stereocenters. The molecule has 1 aliphatic rings. The van der Waals surface area contributed by atoms with Crippen LogP contribution in [0.3, 0.4) is 0 Å². The molecular formula is C21H42N2O3. The quantitative estimate of drug-likeness (QED) is 0.353. The lowest BCUT2D eigenvalue weighted by Crippen LogP contribution is -2.46. The van der Waals surface area contributed by atoms with E-state index in [2.05, 4.69) is 12.2 Å². The van der Waals surface area contributed by atoms with Crippen molar-refractivity contribution in [2.24, 2.45) is 11.7 Å². The maximum Gasteiger partial charge on any atom is 0.220 e. The Labute approximate surface area is 160 Å². The smallest absolute Gasteiger partial charge is 0.220 e. The average molecular weight is 371 g/mol. The minimum absolute atomic E-state index is 0.141. The van der Waals surface area contributed by atoms with E-state index in [1.165, 1.54) is 44.9 Å². The number of nitrogens with two attached hydrogens (primary N) is 1. The fourth-order valence-corrected chi connectivity index (χ4v) is 3.96. The highest BCUT2D eigenvalue weighted by molar-refractivity contribution is 5.76. The minimum Gasteiger partial charge on any atom is -0.395 e. The lowest BCUT2D eigenvalue weighted by Gasteiger charge is -2.33. The minimum atomic E-state index is -0.640. The number of hydrogen-bond acceptors (Lipinski definition) is 4. The summed E-state index contributed by atoms with van der Waals surface area (Å²) >= 11 is 0. The van der Waals surface area contributed by atoms with Crippen molar-refractivity contribution in [1.29, 1.82) is 0 Å². The number of carbonyl (C=O) groups excluding carboxylic acids is 1. The van der Waals surface area contributed by atoms with Gasteiger partial charge >= 0.3 is 0 Å². The van der Waals surface area contributed by atoms with Crippen LogP contribution < -0.4 is 11.1 Å². The van der Waals surface area contributed by atoms with Gasteiger partial charge in [0.25, 0.3) is 0 Å². The van der Waals surface area contributed by atoms with E-state index in [9.17, 15) is 9.90 Å². The molecule has 0 bridgehead atoms. The molecule has 0 aromatic carbocycles. The van der Waals surface area contributed by atoms with Crippen molar-refractivity contribution in [3.05, 3.63) is 0 Å². The normalized spacial score (nSPS) is 22.8. The molecule has 26 heavy (non-hydrogen) atoms. The molecule has 0 radical (unpaired) electrons. The first-order chi connectivity index (χ1) is 12.6. The number of unbranched alkanes of at least 4 members (excludes halogenated alkanes) is 8. The van der Waals surface area contributed by atoms with Crippen LogP contribution in [-0.4, -0.2) is 40.9 Å². The summed E-state index contributed by atoms with van der Waals surface area (Å²) in [5.74, 6) is 0.312. The van der Waals surface area contributed by atoms with E-state index in [4.69, 9.17) is 10.8 Å². The summed E-state index contributed by atoms with van der Waals surface area (Å²) in [4.78, 5) is 12.1. The topological polar surface area (TPSA) is 95.6 Å². The highest BCUT2D eigenvalue weighted by Gasteiger charge is 2.30. The Morgan fingerprint density at radius 3 is 2.08 bits per heavy atom. The van der Waals surface area contributed by atoms with Crippen molar-refractivity contribution >= 4 is 5.91 Å². The second-order valence-electron chi connectivity index (χ2n) is 8.09. The lowest BCUT2D eigenvalue weighted by molar-refractivity contribution is -0.122. The van der Waals surface area contributed by atoms with E-state index in [1.807, 2.05) is 0 Å². The van der Waals surface area contributed by atoms with Crippen LogP contribution >= 0.6 is 0 Å². The summed E-state index contributed by atoms with van der Waals surface area (Å²) in [7, 11) is 0. The van der Waals surface area contributed by atoms with E-state index < -0.39 is 12.1 Å². The number of aliphatic hydroxyl groups excluding tert-OH is 2. The van der Waals surface area contributed by atoms with Gasteiger partial charge in [-0.3, -0.25) is 4.79 Å². The first-order valence-electron chi connectivity index (χ1n) is 10.9. The highest BCUT2D eigenvalue weighted by Crippen LogP contribution is 2.28. The van der Waals surface area contributed by atoms with E-state index in [0.717, 1.165) is 38.5 Å². The highest BCUT2D eigenvalue weighted by atomic mass is 16.3. The molecule has 1 rings (SSSR count). The molecular weight excluding hydrogens is 328 g/mol. The zero-order chi connectivity index (χ0) is 19.2. The Balaban J connectivity index is 2.02. The van der Waals surface area contributed by atoms with Gasteiger partial charge in [-0.15, -0.1) is 0 Å². The number of rotatable bonds is 14. The Kier molecular flexibility index (Phi) is 13.0. The molecule has 1 fully saturated rings. The summed E-state index contributed by atoms with van der Waals surface area (Å²) in [6.45, 7) is 2.06. The Morgan fingerprint density at radius 2 is 1.54 bits per heavy atom. The molecule has 154 valence electrons. The monoisotopic (exact) mass is 370 g/mol. The SMILES string of the molecule is CCCCCCCCCCCC(=O)NC1CCC(C(O)C(N)CO)CC1. The number of aliphatic hydroxyl groups is 2. The average Bonchev–Trinajstić information content (AvgIpc) is 2.66. The van der Waals surface area contributed by atoms with Crippen molar-refractivity contribution in [2.75, 3.05) is 6.61 Å². The van der Waals surface area contributed by atoms with Crippen LogP contribution in [0.1, 0.15) is 96.8 Å². The third kappa shape index (κ3) is 9.89. The molecule has 2 atom stereocenters. The van der Waals surface area contributed by atoms with Crippen LogP contribution in [0, 0.1) is 5.92 Å². The molecule has 5 heteroatoms. The lowest BCUT2D eigenvalue weighted by atomic mass is 9.80. The van der Waals surface area contributed by atoms with Crippen LogP contribution in [0.25, 0.3) is 0 Å². The standard InChI is InChI=1S/C21H42N2O3/c1-2-3-4-5-6-7-8-9-10-11-20(25)23-18-14-12-17(13-15-18)21(26)19(22)16-24/h17-19,21,24,26H,2-16,22H2,1H3,(H,23,25). The molecule has 0 aliphatic heterocycles. The van der Waals surface area contributed by atoms with Gasteiger partial charge in [0.05, 0.1) is 18.8 Å². The van der Waals surface area contributed by atoms with Crippen LogP contribution in [0.15, 0.2) is 0 Å². The summed E-state index contributed by atoms with van der Waals surface area (Å²) in [5.41, 5.74) is 5.71. The zero-order valence-corrected chi connectivity index (χ0v) is 16.8. The third-order valence-electron chi connectivity index (χ3n) is 5.78. The van der Waals surface area contributed by atoms with E-state index >= 15 is 0 Å². The maximum absolute atomic E-state index is 12.1. The van der Waals surface area contributed by atoms with Crippen LogP contribution in [-0.2, 0) is 4.79 Å². The summed E-state index contributed by atoms with van der Waals surface area (Å²) in [5, 5.41) is 22.3. The van der Waals surface area contributed by atoms with Gasteiger partial charge in [0, 0.05) is 12.5 Å². The largest absolute Gasteiger partial charge is 0.395 e. The van der Waals surface area contributed by atoms with E-state index in [1.54, 1.807) is 0 Å². The van der Waals surface area contributed by atoms with Crippen LogP contribution in [0.4, 0.5) is 0 Å². The second kappa shape index (κ2) is 14.4. The van der Waals surface area contributed by atoms with Gasteiger partial charge in [0.15, 0.2) is 0 Å². The Hall–Kier alpha value is -0.650. The van der Waals surface area contributed by atoms with E-state index in [-0.39, 0.29) is 24.5 Å². The summed E-state index contributed by atoms with van der Waals surface area (Å²) < 4.78 is 0. The number of amides is 1. The number of hydrogen-bond donors (Lipinski definition) is 4. The van der Waals surface area contributed by atoms with E-state index in [0.29, 0.717) is 6.42 Å². The van der Waals surface area contributed by atoms with Crippen molar-refractivity contribution in [3.8, 4) is 0 Å². The van der Waals surface area contributed by atoms with Crippen LogP contribution in [0.2, 0.25) is 0 Å². The molecule has 0 aromatic heterocycles. The van der Waals surface area contributed by atoms with Crippen LogP contribution in [0.5, 0.6) is 0 Å². The maximum atomic E-state index is 12.1. The van der Waals surface area contributed by atoms with Crippen molar-refractivity contribution in [2.45, 2.75) is 115 Å². The van der Waals surface area contributed by atoms with Gasteiger partial charge in [-0.25, -0.2) is 0 Å². The molecule has 0 heterocycles. The molecule has 0 aromatic rings. The van der Waals surface area contributed by atoms with Gasteiger partial charge in [0.1, 0.15) is 0 Å².